The van der Waals surface area contributed by atoms with Crippen LogP contribution in [0.2, 0.25) is 0 Å². The number of aromatic nitrogens is 2. The number of carbonyl (C=O) groups is 1. The van der Waals surface area contributed by atoms with Crippen molar-refractivity contribution in [2.75, 3.05) is 0 Å². The van der Waals surface area contributed by atoms with Crippen molar-refractivity contribution in [1.82, 2.24) is 26.4 Å². The van der Waals surface area contributed by atoms with E-state index >= 15 is 0 Å². The molecule has 130 valence electrons. The van der Waals surface area contributed by atoms with Gasteiger partial charge in [-0.2, -0.15) is 5.10 Å². The fraction of sp³-hybridized carbons (Fsp3) is 0.412. The number of fused-ring (bicyclic) bond motifs is 3. The maximum absolute atomic E-state index is 12.4. The lowest BCUT2D eigenvalue weighted by Crippen LogP contribution is -2.51. The zero-order valence-corrected chi connectivity index (χ0v) is 14.4. The second-order valence-corrected chi connectivity index (χ2v) is 7.19. The van der Waals surface area contributed by atoms with Gasteiger partial charge in [-0.25, -0.2) is 5.10 Å². The molecule has 0 spiro atoms. The molecule has 1 heterocycles. The lowest BCUT2D eigenvalue weighted by molar-refractivity contribution is 0.0939. The number of hydrogen-bond donors (Lipinski definition) is 4. The van der Waals surface area contributed by atoms with Crippen LogP contribution < -0.4 is 21.7 Å². The average molecular weight is 357 g/mol. The number of nitrogens with zero attached hydrogens (tertiary/aromatic N) is 1. The second kappa shape index (κ2) is 6.44. The van der Waals surface area contributed by atoms with Crippen molar-refractivity contribution in [3.63, 3.8) is 0 Å². The van der Waals surface area contributed by atoms with E-state index in [1.54, 1.807) is 24.3 Å². The maximum atomic E-state index is 12.4. The maximum Gasteiger partial charge on any atom is 0.290 e. The van der Waals surface area contributed by atoms with Gasteiger partial charge in [-0.05, 0) is 49.4 Å². The van der Waals surface area contributed by atoms with Gasteiger partial charge in [0.2, 0.25) is 0 Å². The predicted molar refractivity (Wildman–Crippen MR) is 97.9 cm³/mol. The summed E-state index contributed by atoms with van der Waals surface area (Å²) in [6.07, 6.45) is 5.00. The standard InChI is InChI=1S/C17H19N5O2S/c23-15-12-4-2-1-3-11(12)14(19-20-15)16(24)21-22-17(25)18-13-8-9-5-6-10(13)7-9/h1-4,9-10,13H,5-8H2,(H,20,23)(H,21,24)(H2,18,22,25)/t9-,10-,13-/m1/s1. The average Bonchev–Trinajstić information content (AvgIpc) is 3.23. The van der Waals surface area contributed by atoms with Crippen LogP contribution in [0.4, 0.5) is 0 Å². The lowest BCUT2D eigenvalue weighted by atomic mass is 9.96. The molecule has 7 nitrogen and oxygen atoms in total. The van der Waals surface area contributed by atoms with Crippen LogP contribution >= 0.6 is 12.2 Å². The van der Waals surface area contributed by atoms with Gasteiger partial charge in [0.15, 0.2) is 10.8 Å². The van der Waals surface area contributed by atoms with E-state index in [-0.39, 0.29) is 11.3 Å². The fourth-order valence-corrected chi connectivity index (χ4v) is 4.29. The molecule has 2 aliphatic carbocycles. The van der Waals surface area contributed by atoms with Crippen molar-refractivity contribution in [3.8, 4) is 0 Å². The van der Waals surface area contributed by atoms with Crippen LogP contribution in [0.1, 0.15) is 36.2 Å². The first kappa shape index (κ1) is 16.0. The summed E-state index contributed by atoms with van der Waals surface area (Å²) in [5.41, 5.74) is 5.11. The van der Waals surface area contributed by atoms with Gasteiger partial charge in [0.25, 0.3) is 11.5 Å². The molecule has 2 saturated carbocycles. The number of benzene rings is 1. The number of H-pyrrole nitrogens is 1. The Morgan fingerprint density at radius 3 is 2.68 bits per heavy atom. The summed E-state index contributed by atoms with van der Waals surface area (Å²) in [6, 6.07) is 7.24. The van der Waals surface area contributed by atoms with Crippen molar-refractivity contribution in [2.24, 2.45) is 11.8 Å². The molecule has 0 unspecified atom stereocenters. The molecule has 0 saturated heterocycles. The highest BCUT2D eigenvalue weighted by molar-refractivity contribution is 7.80. The molecule has 4 rings (SSSR count). The highest BCUT2D eigenvalue weighted by Crippen LogP contribution is 2.44. The van der Waals surface area contributed by atoms with Crippen LogP contribution in [0, 0.1) is 11.8 Å². The summed E-state index contributed by atoms with van der Waals surface area (Å²) in [5.74, 6) is 1.05. The Morgan fingerprint density at radius 2 is 1.96 bits per heavy atom. The molecule has 2 aromatic rings. The summed E-state index contributed by atoms with van der Waals surface area (Å²) < 4.78 is 0. The number of hydrazine groups is 1. The highest BCUT2D eigenvalue weighted by atomic mass is 32.1. The van der Waals surface area contributed by atoms with E-state index in [1.165, 1.54) is 19.3 Å². The van der Waals surface area contributed by atoms with Crippen molar-refractivity contribution in [3.05, 3.63) is 40.3 Å². The monoisotopic (exact) mass is 357 g/mol. The lowest BCUT2D eigenvalue weighted by Gasteiger charge is -2.24. The Hall–Kier alpha value is -2.48. The van der Waals surface area contributed by atoms with E-state index in [2.05, 4.69) is 26.4 Å². The number of carbonyl (C=O) groups excluding carboxylic acids is 1. The number of aromatic amines is 1. The number of nitrogens with one attached hydrogen (secondary N) is 4. The van der Waals surface area contributed by atoms with Crippen LogP contribution in [-0.4, -0.2) is 27.3 Å². The van der Waals surface area contributed by atoms with Gasteiger partial charge >= 0.3 is 0 Å². The largest absolute Gasteiger partial charge is 0.358 e. The minimum absolute atomic E-state index is 0.144. The van der Waals surface area contributed by atoms with Crippen molar-refractivity contribution in [1.29, 1.82) is 0 Å². The molecular weight excluding hydrogens is 338 g/mol. The van der Waals surface area contributed by atoms with E-state index in [0.717, 1.165) is 12.3 Å². The Kier molecular flexibility index (Phi) is 4.12. The molecule has 2 fully saturated rings. The highest BCUT2D eigenvalue weighted by Gasteiger charge is 2.39. The van der Waals surface area contributed by atoms with Crippen LogP contribution in [0.3, 0.4) is 0 Å². The molecule has 2 bridgehead atoms. The van der Waals surface area contributed by atoms with Gasteiger partial charge < -0.3 is 5.32 Å². The van der Waals surface area contributed by atoms with E-state index in [4.69, 9.17) is 12.2 Å². The van der Waals surface area contributed by atoms with Crippen molar-refractivity contribution >= 4 is 34.0 Å². The van der Waals surface area contributed by atoms with Gasteiger partial charge in [-0.15, -0.1) is 0 Å². The SMILES string of the molecule is O=C(NNC(=S)N[C@@H]1C[C@@H]2CC[C@@H]1C2)c1n[nH]c(=O)c2ccccc12. The van der Waals surface area contributed by atoms with Gasteiger partial charge in [-0.1, -0.05) is 24.6 Å². The van der Waals surface area contributed by atoms with Crippen LogP contribution in [0.25, 0.3) is 10.8 Å². The van der Waals surface area contributed by atoms with E-state index in [9.17, 15) is 9.59 Å². The van der Waals surface area contributed by atoms with E-state index < -0.39 is 5.91 Å². The molecule has 1 amide bonds. The summed E-state index contributed by atoms with van der Waals surface area (Å²) in [7, 11) is 0. The van der Waals surface area contributed by atoms with Gasteiger partial charge in [-0.3, -0.25) is 20.4 Å². The normalized spacial score (nSPS) is 24.2. The third kappa shape index (κ3) is 3.09. The van der Waals surface area contributed by atoms with Crippen LogP contribution in [0.5, 0.6) is 0 Å². The third-order valence-electron chi connectivity index (χ3n) is 5.26. The minimum Gasteiger partial charge on any atom is -0.358 e. The topological polar surface area (TPSA) is 98.9 Å². The summed E-state index contributed by atoms with van der Waals surface area (Å²) in [4.78, 5) is 24.2. The van der Waals surface area contributed by atoms with Crippen molar-refractivity contribution < 1.29 is 4.79 Å². The van der Waals surface area contributed by atoms with E-state index in [0.29, 0.717) is 27.8 Å². The molecule has 1 aromatic heterocycles. The predicted octanol–water partition coefficient (Wildman–Crippen LogP) is 1.22. The molecule has 8 heteroatoms. The quantitative estimate of drug-likeness (QED) is 0.476. The molecular formula is C17H19N5O2S. The first-order chi connectivity index (χ1) is 12.1. The molecule has 1 aromatic carbocycles. The van der Waals surface area contributed by atoms with Gasteiger partial charge in [0, 0.05) is 11.4 Å². The first-order valence-electron chi connectivity index (χ1n) is 8.46. The third-order valence-corrected chi connectivity index (χ3v) is 5.48. The van der Waals surface area contributed by atoms with Crippen LogP contribution in [0.15, 0.2) is 29.1 Å². The van der Waals surface area contributed by atoms with Gasteiger partial charge in [0.1, 0.15) is 0 Å². The summed E-state index contributed by atoms with van der Waals surface area (Å²) in [6.45, 7) is 0. The van der Waals surface area contributed by atoms with Gasteiger partial charge in [0.05, 0.1) is 5.39 Å². The summed E-state index contributed by atoms with van der Waals surface area (Å²) in [5, 5.41) is 10.8. The fourth-order valence-electron chi connectivity index (χ4n) is 4.09. The second-order valence-electron chi connectivity index (χ2n) is 6.78. The summed E-state index contributed by atoms with van der Waals surface area (Å²) >= 11 is 5.28. The van der Waals surface area contributed by atoms with Crippen molar-refractivity contribution in [2.45, 2.75) is 31.7 Å². The molecule has 0 radical (unpaired) electrons. The first-order valence-corrected chi connectivity index (χ1v) is 8.87. The molecule has 3 atom stereocenters. The molecule has 0 aliphatic heterocycles. The zero-order valence-electron chi connectivity index (χ0n) is 13.5. The van der Waals surface area contributed by atoms with E-state index in [1.807, 2.05) is 0 Å². The number of rotatable bonds is 2. The Labute approximate surface area is 149 Å². The smallest absolute Gasteiger partial charge is 0.290 e. The molecule has 2 aliphatic rings. The Morgan fingerprint density at radius 1 is 1.16 bits per heavy atom. The number of hydrogen-bond acceptors (Lipinski definition) is 4. The Bertz CT molecular complexity index is 896. The zero-order chi connectivity index (χ0) is 17.4. The Balaban J connectivity index is 1.40. The number of thiocarbonyl (C=S) groups is 1. The number of amides is 1. The molecule has 4 N–H and O–H groups in total. The van der Waals surface area contributed by atoms with Crippen LogP contribution in [-0.2, 0) is 0 Å². The minimum atomic E-state index is -0.454. The molecule has 25 heavy (non-hydrogen) atoms.